The molecule has 2 N–H and O–H groups in total. The summed E-state index contributed by atoms with van der Waals surface area (Å²) in [5.41, 5.74) is 1.58. The molecule has 0 fully saturated rings. The molecule has 0 aliphatic heterocycles. The highest BCUT2D eigenvalue weighted by Crippen LogP contribution is 2.09. The van der Waals surface area contributed by atoms with Crippen LogP contribution in [0, 0.1) is 0 Å². The Balaban J connectivity index is 1.95. The normalized spacial score (nSPS) is 11.8. The third kappa shape index (κ3) is 6.90. The van der Waals surface area contributed by atoms with E-state index >= 15 is 0 Å². The number of sulfone groups is 1. The zero-order valence-corrected chi connectivity index (χ0v) is 17.9. The Morgan fingerprint density at radius 2 is 1.66 bits per heavy atom. The standard InChI is InChI=1S/C21H28N4O3S/c1-4-22-21(23-14-15-29(27,28)19-8-6-5-7-9-19)24-16-17-10-12-18(13-11-17)20(26)25(2)3/h5-13H,4,14-16H2,1-3H3,(H2,22,23,24). The largest absolute Gasteiger partial charge is 0.357 e. The third-order valence-electron chi connectivity index (χ3n) is 4.14. The first kappa shape index (κ1) is 22.4. The predicted molar refractivity (Wildman–Crippen MR) is 116 cm³/mol. The van der Waals surface area contributed by atoms with E-state index in [1.165, 1.54) is 4.90 Å². The highest BCUT2D eigenvalue weighted by atomic mass is 32.2. The van der Waals surface area contributed by atoms with Crippen molar-refractivity contribution in [2.45, 2.75) is 18.4 Å². The monoisotopic (exact) mass is 416 g/mol. The molecule has 2 rings (SSSR count). The van der Waals surface area contributed by atoms with Crippen LogP contribution in [-0.2, 0) is 16.4 Å². The molecule has 7 nitrogen and oxygen atoms in total. The van der Waals surface area contributed by atoms with Gasteiger partial charge in [-0.3, -0.25) is 4.79 Å². The van der Waals surface area contributed by atoms with E-state index in [2.05, 4.69) is 15.6 Å². The number of hydrogen-bond donors (Lipinski definition) is 2. The molecule has 0 aromatic heterocycles. The minimum atomic E-state index is -3.34. The maximum Gasteiger partial charge on any atom is 0.253 e. The van der Waals surface area contributed by atoms with Gasteiger partial charge in [0.1, 0.15) is 0 Å². The molecular formula is C21H28N4O3S. The van der Waals surface area contributed by atoms with Crippen molar-refractivity contribution in [2.24, 2.45) is 4.99 Å². The minimum absolute atomic E-state index is 0.0250. The Hall–Kier alpha value is -2.87. The Morgan fingerprint density at radius 1 is 1.00 bits per heavy atom. The van der Waals surface area contributed by atoms with Crippen LogP contribution in [0.2, 0.25) is 0 Å². The molecule has 156 valence electrons. The van der Waals surface area contributed by atoms with E-state index in [1.54, 1.807) is 56.6 Å². The fraction of sp³-hybridized carbons (Fsp3) is 0.333. The van der Waals surface area contributed by atoms with Crippen molar-refractivity contribution in [3.63, 3.8) is 0 Å². The first-order chi connectivity index (χ1) is 13.8. The van der Waals surface area contributed by atoms with Crippen LogP contribution in [0.15, 0.2) is 64.5 Å². The van der Waals surface area contributed by atoms with Gasteiger partial charge in [-0.2, -0.15) is 0 Å². The lowest BCUT2D eigenvalue weighted by Crippen LogP contribution is -2.39. The van der Waals surface area contributed by atoms with E-state index in [-0.39, 0.29) is 18.2 Å². The van der Waals surface area contributed by atoms with Gasteiger partial charge in [-0.25, -0.2) is 13.4 Å². The van der Waals surface area contributed by atoms with E-state index in [4.69, 9.17) is 0 Å². The summed E-state index contributed by atoms with van der Waals surface area (Å²) in [4.78, 5) is 18.3. The first-order valence-corrected chi connectivity index (χ1v) is 11.1. The summed E-state index contributed by atoms with van der Waals surface area (Å²) in [6.45, 7) is 3.27. The summed E-state index contributed by atoms with van der Waals surface area (Å²) in [6, 6.07) is 15.7. The highest BCUT2D eigenvalue weighted by molar-refractivity contribution is 7.91. The minimum Gasteiger partial charge on any atom is -0.357 e. The number of rotatable bonds is 8. The molecule has 2 aromatic rings. The van der Waals surface area contributed by atoms with Crippen LogP contribution in [0.5, 0.6) is 0 Å². The van der Waals surface area contributed by atoms with Crippen molar-refractivity contribution in [1.82, 2.24) is 15.5 Å². The van der Waals surface area contributed by atoms with Crippen LogP contribution in [-0.4, -0.2) is 58.1 Å². The zero-order chi connectivity index (χ0) is 21.3. The van der Waals surface area contributed by atoms with Crippen molar-refractivity contribution in [3.8, 4) is 0 Å². The average molecular weight is 417 g/mol. The number of hydrogen-bond acceptors (Lipinski definition) is 4. The number of amides is 1. The molecule has 8 heteroatoms. The van der Waals surface area contributed by atoms with Crippen molar-refractivity contribution in [3.05, 3.63) is 65.7 Å². The van der Waals surface area contributed by atoms with E-state index in [0.717, 1.165) is 5.56 Å². The smallest absolute Gasteiger partial charge is 0.253 e. The van der Waals surface area contributed by atoms with E-state index in [1.807, 2.05) is 19.1 Å². The molecule has 1 amide bonds. The summed E-state index contributed by atoms with van der Waals surface area (Å²) in [5, 5.41) is 6.17. The van der Waals surface area contributed by atoms with Crippen LogP contribution in [0.25, 0.3) is 0 Å². The summed E-state index contributed by atoms with van der Waals surface area (Å²) < 4.78 is 24.7. The summed E-state index contributed by atoms with van der Waals surface area (Å²) >= 11 is 0. The Labute approximate surface area is 172 Å². The van der Waals surface area contributed by atoms with Crippen molar-refractivity contribution >= 4 is 21.7 Å². The molecule has 0 atom stereocenters. The summed E-state index contributed by atoms with van der Waals surface area (Å²) in [7, 11) is 0.0912. The van der Waals surface area contributed by atoms with Gasteiger partial charge in [0.15, 0.2) is 15.8 Å². The molecule has 0 heterocycles. The number of aliphatic imine (C=N–C) groups is 1. The summed E-state index contributed by atoms with van der Waals surface area (Å²) in [6.07, 6.45) is 0. The van der Waals surface area contributed by atoms with Gasteiger partial charge in [0.25, 0.3) is 5.91 Å². The number of nitrogens with zero attached hydrogens (tertiary/aromatic N) is 2. The fourth-order valence-corrected chi connectivity index (χ4v) is 3.75. The molecule has 0 aliphatic rings. The molecule has 0 saturated carbocycles. The average Bonchev–Trinajstić information content (AvgIpc) is 2.72. The molecule has 2 aromatic carbocycles. The van der Waals surface area contributed by atoms with Crippen molar-refractivity contribution in [1.29, 1.82) is 0 Å². The lowest BCUT2D eigenvalue weighted by molar-refractivity contribution is 0.0827. The quantitative estimate of drug-likeness (QED) is 0.507. The number of guanidine groups is 1. The van der Waals surface area contributed by atoms with Crippen LogP contribution in [0.1, 0.15) is 22.8 Å². The fourth-order valence-electron chi connectivity index (χ4n) is 2.57. The maximum absolute atomic E-state index is 12.4. The van der Waals surface area contributed by atoms with Gasteiger partial charge >= 0.3 is 0 Å². The Kier molecular flexibility index (Phi) is 8.21. The molecule has 0 radical (unpaired) electrons. The van der Waals surface area contributed by atoms with Gasteiger partial charge in [0, 0.05) is 32.7 Å². The predicted octanol–water partition coefficient (Wildman–Crippen LogP) is 1.92. The number of carbonyl (C=O) groups is 1. The molecule has 29 heavy (non-hydrogen) atoms. The van der Waals surface area contributed by atoms with E-state index < -0.39 is 9.84 Å². The topological polar surface area (TPSA) is 90.9 Å². The van der Waals surface area contributed by atoms with Crippen molar-refractivity contribution in [2.75, 3.05) is 32.9 Å². The van der Waals surface area contributed by atoms with Gasteiger partial charge in [-0.15, -0.1) is 0 Å². The van der Waals surface area contributed by atoms with Crippen LogP contribution < -0.4 is 10.6 Å². The molecule has 0 bridgehead atoms. The first-order valence-electron chi connectivity index (χ1n) is 9.44. The van der Waals surface area contributed by atoms with E-state index in [0.29, 0.717) is 29.5 Å². The SMILES string of the molecule is CCNC(=NCc1ccc(C(=O)N(C)C)cc1)NCCS(=O)(=O)c1ccccc1. The molecule has 0 aliphatic carbocycles. The lowest BCUT2D eigenvalue weighted by Gasteiger charge is -2.12. The third-order valence-corrected chi connectivity index (χ3v) is 5.87. The maximum atomic E-state index is 12.4. The van der Waals surface area contributed by atoms with Crippen LogP contribution in [0.4, 0.5) is 0 Å². The number of carbonyl (C=O) groups excluding carboxylic acids is 1. The second-order valence-electron chi connectivity index (χ2n) is 6.65. The van der Waals surface area contributed by atoms with Gasteiger partial charge < -0.3 is 15.5 Å². The molecule has 0 spiro atoms. The zero-order valence-electron chi connectivity index (χ0n) is 17.1. The number of nitrogens with one attached hydrogen (secondary N) is 2. The number of benzene rings is 2. The van der Waals surface area contributed by atoms with Gasteiger partial charge in [-0.1, -0.05) is 30.3 Å². The Morgan fingerprint density at radius 3 is 2.24 bits per heavy atom. The summed E-state index contributed by atoms with van der Waals surface area (Å²) in [5.74, 6) is 0.474. The molecule has 0 unspecified atom stereocenters. The lowest BCUT2D eigenvalue weighted by atomic mass is 10.1. The van der Waals surface area contributed by atoms with Crippen LogP contribution >= 0.6 is 0 Å². The second kappa shape index (κ2) is 10.6. The second-order valence-corrected chi connectivity index (χ2v) is 8.76. The highest BCUT2D eigenvalue weighted by Gasteiger charge is 2.13. The molecule has 0 saturated heterocycles. The van der Waals surface area contributed by atoms with Crippen LogP contribution in [0.3, 0.4) is 0 Å². The van der Waals surface area contributed by atoms with Gasteiger partial charge in [-0.05, 0) is 36.8 Å². The van der Waals surface area contributed by atoms with Gasteiger partial charge in [0.2, 0.25) is 0 Å². The van der Waals surface area contributed by atoms with E-state index in [9.17, 15) is 13.2 Å². The molecular weight excluding hydrogens is 388 g/mol. The van der Waals surface area contributed by atoms with Gasteiger partial charge in [0.05, 0.1) is 17.2 Å². The van der Waals surface area contributed by atoms with Crippen molar-refractivity contribution < 1.29 is 13.2 Å². The Bertz CT molecular complexity index is 924.